The number of nitriles is 1. The Morgan fingerprint density at radius 2 is 1.81 bits per heavy atom. The molecule has 158 valence electrons. The van der Waals surface area contributed by atoms with E-state index in [1.54, 1.807) is 67.6 Å². The lowest BCUT2D eigenvalue weighted by Gasteiger charge is -2.14. The van der Waals surface area contributed by atoms with Crippen LogP contribution in [0.4, 0.5) is 0 Å². The number of hydrogen-bond acceptors (Lipinski definition) is 5. The van der Waals surface area contributed by atoms with Gasteiger partial charge in [-0.25, -0.2) is 0 Å². The minimum Gasteiger partial charge on any atom is -0.490 e. The molecule has 0 atom stereocenters. The van der Waals surface area contributed by atoms with Crippen LogP contribution in [0, 0.1) is 14.9 Å². The van der Waals surface area contributed by atoms with Crippen LogP contribution >= 0.6 is 34.2 Å². The largest absolute Gasteiger partial charge is 0.490 e. The number of benzene rings is 3. The van der Waals surface area contributed by atoms with Gasteiger partial charge in [0.2, 0.25) is 0 Å². The number of rotatable bonds is 7. The standard InChI is InChI=1S/C23H17ClINO4S/c1-2-29-22-14-16(12-18(15-26)17-8-10-19(24)11-9-17)13-21(25)23(22)30-31(27,28)20-6-4-3-5-7-20/h3-14H,2H2,1H3/b18-12+. The molecule has 3 aromatic carbocycles. The zero-order valence-electron chi connectivity index (χ0n) is 16.4. The summed E-state index contributed by atoms with van der Waals surface area (Å²) >= 11 is 7.92. The second kappa shape index (κ2) is 10.2. The summed E-state index contributed by atoms with van der Waals surface area (Å²) in [6, 6.07) is 20.4. The van der Waals surface area contributed by atoms with Crippen LogP contribution in [0.1, 0.15) is 18.1 Å². The summed E-state index contributed by atoms with van der Waals surface area (Å²) in [5.41, 5.74) is 1.82. The third-order valence-corrected chi connectivity index (χ3v) is 6.43. The third kappa shape index (κ3) is 5.79. The molecule has 0 amide bonds. The first-order valence-electron chi connectivity index (χ1n) is 9.17. The van der Waals surface area contributed by atoms with E-state index in [-0.39, 0.29) is 16.4 Å². The zero-order chi connectivity index (χ0) is 22.4. The molecule has 0 saturated heterocycles. The third-order valence-electron chi connectivity index (χ3n) is 4.14. The SMILES string of the molecule is CCOc1cc(/C=C(\C#N)c2ccc(Cl)cc2)cc(I)c1OS(=O)(=O)c1ccccc1. The number of nitrogens with zero attached hydrogens (tertiary/aromatic N) is 1. The lowest BCUT2D eigenvalue weighted by Crippen LogP contribution is -2.11. The molecule has 0 heterocycles. The van der Waals surface area contributed by atoms with Gasteiger partial charge in [0.25, 0.3) is 0 Å². The van der Waals surface area contributed by atoms with Crippen molar-refractivity contribution in [2.75, 3.05) is 6.61 Å². The van der Waals surface area contributed by atoms with Crippen LogP contribution in [0.2, 0.25) is 5.02 Å². The molecule has 0 aromatic heterocycles. The maximum Gasteiger partial charge on any atom is 0.339 e. The van der Waals surface area contributed by atoms with Crippen LogP contribution in [0.25, 0.3) is 11.6 Å². The van der Waals surface area contributed by atoms with Crippen LogP contribution in [0.3, 0.4) is 0 Å². The number of allylic oxidation sites excluding steroid dienone is 1. The van der Waals surface area contributed by atoms with Crippen molar-refractivity contribution in [2.24, 2.45) is 0 Å². The van der Waals surface area contributed by atoms with Gasteiger partial charge in [-0.05, 0) is 83.1 Å². The average molecular weight is 566 g/mol. The van der Waals surface area contributed by atoms with Crippen molar-refractivity contribution < 1.29 is 17.3 Å². The predicted molar refractivity (Wildman–Crippen MR) is 130 cm³/mol. The molecule has 0 fully saturated rings. The highest BCUT2D eigenvalue weighted by molar-refractivity contribution is 14.1. The van der Waals surface area contributed by atoms with Crippen LogP contribution in [-0.2, 0) is 10.1 Å². The molecular weight excluding hydrogens is 549 g/mol. The second-order valence-electron chi connectivity index (χ2n) is 6.29. The molecule has 0 unspecified atom stereocenters. The molecule has 0 saturated carbocycles. The highest BCUT2D eigenvalue weighted by atomic mass is 127. The fraction of sp³-hybridized carbons (Fsp3) is 0.0870. The molecule has 0 radical (unpaired) electrons. The monoisotopic (exact) mass is 565 g/mol. The molecule has 0 aliphatic heterocycles. The van der Waals surface area contributed by atoms with E-state index in [4.69, 9.17) is 20.5 Å². The molecule has 0 aliphatic carbocycles. The Kier molecular flexibility index (Phi) is 7.59. The minimum atomic E-state index is -4.03. The molecule has 0 aliphatic rings. The van der Waals surface area contributed by atoms with Crippen molar-refractivity contribution in [1.29, 1.82) is 5.26 Å². The van der Waals surface area contributed by atoms with E-state index < -0.39 is 10.1 Å². The lowest BCUT2D eigenvalue weighted by molar-refractivity contribution is 0.327. The Hall–Kier alpha value is -2.54. The van der Waals surface area contributed by atoms with Crippen molar-refractivity contribution in [2.45, 2.75) is 11.8 Å². The van der Waals surface area contributed by atoms with Gasteiger partial charge >= 0.3 is 10.1 Å². The molecule has 0 N–H and O–H groups in total. The normalized spacial score (nSPS) is 11.6. The van der Waals surface area contributed by atoms with Gasteiger partial charge in [0.05, 0.1) is 21.8 Å². The first-order valence-corrected chi connectivity index (χ1v) is 12.0. The topological polar surface area (TPSA) is 76.4 Å². The van der Waals surface area contributed by atoms with Crippen molar-refractivity contribution in [3.05, 3.63) is 86.4 Å². The van der Waals surface area contributed by atoms with Gasteiger partial charge in [0.15, 0.2) is 11.5 Å². The summed E-state index contributed by atoms with van der Waals surface area (Å²) < 4.78 is 37.0. The fourth-order valence-electron chi connectivity index (χ4n) is 2.74. The molecule has 5 nitrogen and oxygen atoms in total. The van der Waals surface area contributed by atoms with Gasteiger partial charge in [-0.3, -0.25) is 0 Å². The van der Waals surface area contributed by atoms with Crippen molar-refractivity contribution in [1.82, 2.24) is 0 Å². The van der Waals surface area contributed by atoms with E-state index in [1.807, 2.05) is 22.6 Å². The summed E-state index contributed by atoms with van der Waals surface area (Å²) in [7, 11) is -4.03. The first-order chi connectivity index (χ1) is 14.8. The van der Waals surface area contributed by atoms with Gasteiger partial charge in [-0.15, -0.1) is 0 Å². The quantitative estimate of drug-likeness (QED) is 0.148. The average Bonchev–Trinajstić information content (AvgIpc) is 2.76. The highest BCUT2D eigenvalue weighted by Crippen LogP contribution is 2.37. The number of halogens is 2. The van der Waals surface area contributed by atoms with Crippen molar-refractivity contribution in [3.8, 4) is 17.6 Å². The summed E-state index contributed by atoms with van der Waals surface area (Å²) in [4.78, 5) is 0.0479. The second-order valence-corrected chi connectivity index (χ2v) is 9.44. The summed E-state index contributed by atoms with van der Waals surface area (Å²) in [5.74, 6) is 0.377. The van der Waals surface area contributed by atoms with Crippen LogP contribution in [-0.4, -0.2) is 15.0 Å². The predicted octanol–water partition coefficient (Wildman–Crippen LogP) is 6.18. The highest BCUT2D eigenvalue weighted by Gasteiger charge is 2.22. The van der Waals surface area contributed by atoms with Gasteiger partial charge in [0, 0.05) is 5.02 Å². The van der Waals surface area contributed by atoms with E-state index in [0.29, 0.717) is 31.9 Å². The van der Waals surface area contributed by atoms with E-state index in [2.05, 4.69) is 6.07 Å². The van der Waals surface area contributed by atoms with E-state index in [0.717, 1.165) is 0 Å². The molecule has 8 heteroatoms. The van der Waals surface area contributed by atoms with Gasteiger partial charge in [-0.1, -0.05) is 41.9 Å². The first kappa shape index (κ1) is 23.1. The molecule has 31 heavy (non-hydrogen) atoms. The Morgan fingerprint density at radius 3 is 2.42 bits per heavy atom. The minimum absolute atomic E-state index is 0.0479. The fourth-order valence-corrected chi connectivity index (χ4v) is 4.73. The Balaban J connectivity index is 2.02. The Morgan fingerprint density at radius 1 is 1.13 bits per heavy atom. The van der Waals surface area contributed by atoms with E-state index in [9.17, 15) is 13.7 Å². The van der Waals surface area contributed by atoms with Gasteiger partial charge < -0.3 is 8.92 Å². The smallest absolute Gasteiger partial charge is 0.339 e. The van der Waals surface area contributed by atoms with Crippen LogP contribution in [0.5, 0.6) is 11.5 Å². The van der Waals surface area contributed by atoms with Gasteiger partial charge in [-0.2, -0.15) is 13.7 Å². The number of ether oxygens (including phenoxy) is 1. The van der Waals surface area contributed by atoms with Crippen LogP contribution < -0.4 is 8.92 Å². The summed E-state index contributed by atoms with van der Waals surface area (Å²) in [6.07, 6.45) is 1.70. The van der Waals surface area contributed by atoms with E-state index >= 15 is 0 Å². The van der Waals surface area contributed by atoms with Crippen molar-refractivity contribution in [3.63, 3.8) is 0 Å². The summed E-state index contributed by atoms with van der Waals surface area (Å²) in [5, 5.41) is 10.2. The maximum atomic E-state index is 12.7. The Labute approximate surface area is 200 Å². The Bertz CT molecular complexity index is 1250. The molecular formula is C23H17ClINO4S. The molecule has 0 bridgehead atoms. The lowest BCUT2D eigenvalue weighted by atomic mass is 10.0. The van der Waals surface area contributed by atoms with Crippen LogP contribution in [0.15, 0.2) is 71.6 Å². The van der Waals surface area contributed by atoms with Gasteiger partial charge in [0.1, 0.15) is 4.90 Å². The molecule has 3 aromatic rings. The molecule has 0 spiro atoms. The van der Waals surface area contributed by atoms with E-state index in [1.165, 1.54) is 12.1 Å². The number of hydrogen-bond donors (Lipinski definition) is 0. The zero-order valence-corrected chi connectivity index (χ0v) is 20.1. The molecule has 3 rings (SSSR count). The summed E-state index contributed by atoms with van der Waals surface area (Å²) in [6.45, 7) is 2.10. The maximum absolute atomic E-state index is 12.7. The van der Waals surface area contributed by atoms with Crippen molar-refractivity contribution >= 4 is 56.0 Å².